The Labute approximate surface area is 128 Å². The van der Waals surface area contributed by atoms with Crippen molar-refractivity contribution < 1.29 is 14.3 Å². The van der Waals surface area contributed by atoms with Gasteiger partial charge in [0.1, 0.15) is 16.5 Å². The highest BCUT2D eigenvalue weighted by Crippen LogP contribution is 2.31. The van der Waals surface area contributed by atoms with Gasteiger partial charge in [-0.05, 0) is 34.1 Å². The molecule has 0 bridgehead atoms. The lowest BCUT2D eigenvalue weighted by Gasteiger charge is -2.09. The minimum Gasteiger partial charge on any atom is -0.497 e. The highest BCUT2D eigenvalue weighted by molar-refractivity contribution is 9.10. The second-order valence-electron chi connectivity index (χ2n) is 3.80. The molecule has 0 aliphatic carbocycles. The molecule has 1 heterocycles. The lowest BCUT2D eigenvalue weighted by molar-refractivity contribution is 0.0999. The van der Waals surface area contributed by atoms with Gasteiger partial charge in [0.2, 0.25) is 11.8 Å². The molecule has 0 saturated carbocycles. The maximum atomic E-state index is 11.2. The van der Waals surface area contributed by atoms with Crippen LogP contribution in [0.25, 0.3) is 0 Å². The Morgan fingerprint density at radius 2 is 2.00 bits per heavy atom. The van der Waals surface area contributed by atoms with Crippen LogP contribution in [0, 0.1) is 0 Å². The number of benzene rings is 1. The minimum atomic E-state index is -0.580. The highest BCUT2D eigenvalue weighted by atomic mass is 79.9. The van der Waals surface area contributed by atoms with Crippen LogP contribution < -0.4 is 15.2 Å². The smallest absolute Gasteiger partial charge is 0.248 e. The molecule has 1 aromatic heterocycles. The van der Waals surface area contributed by atoms with Gasteiger partial charge < -0.3 is 15.2 Å². The molecule has 0 atom stereocenters. The fraction of sp³-hybridized carbons (Fsp3) is 0.0769. The largest absolute Gasteiger partial charge is 0.497 e. The molecule has 7 heteroatoms. The molecule has 0 aliphatic rings. The molecular weight excluding hydrogens is 348 g/mol. The number of nitrogens with zero attached hydrogens (tertiary/aromatic N) is 1. The van der Waals surface area contributed by atoms with Crippen molar-refractivity contribution in [3.05, 3.63) is 45.5 Å². The number of methoxy groups -OCH3 is 1. The van der Waals surface area contributed by atoms with Gasteiger partial charge in [0.25, 0.3) is 0 Å². The Kier molecular flexibility index (Phi) is 4.46. The maximum Gasteiger partial charge on any atom is 0.248 e. The average Bonchev–Trinajstić information content (AvgIpc) is 2.41. The number of primary amides is 1. The molecule has 0 unspecified atom stereocenters. The Hall–Kier alpha value is -1.79. The molecule has 2 aromatic rings. The third-order valence-corrected chi connectivity index (χ3v) is 3.09. The van der Waals surface area contributed by atoms with Crippen LogP contribution in [-0.2, 0) is 0 Å². The molecule has 0 fully saturated rings. The molecule has 0 spiro atoms. The zero-order valence-corrected chi connectivity index (χ0v) is 12.7. The van der Waals surface area contributed by atoms with Gasteiger partial charge in [0.15, 0.2) is 0 Å². The maximum absolute atomic E-state index is 11.2. The molecule has 0 aliphatic heterocycles. The minimum absolute atomic E-state index is 0.221. The molecule has 1 aromatic carbocycles. The van der Waals surface area contributed by atoms with E-state index in [-0.39, 0.29) is 11.4 Å². The molecule has 104 valence electrons. The molecule has 2 N–H and O–H groups in total. The van der Waals surface area contributed by atoms with Crippen molar-refractivity contribution in [2.45, 2.75) is 0 Å². The lowest BCUT2D eigenvalue weighted by Crippen LogP contribution is -2.11. The second-order valence-corrected chi connectivity index (χ2v) is 5.13. The average molecular weight is 358 g/mol. The number of rotatable bonds is 4. The summed E-state index contributed by atoms with van der Waals surface area (Å²) in [5, 5.41) is 0.336. The third kappa shape index (κ3) is 3.40. The van der Waals surface area contributed by atoms with Gasteiger partial charge >= 0.3 is 0 Å². The van der Waals surface area contributed by atoms with E-state index in [0.717, 1.165) is 4.47 Å². The summed E-state index contributed by atoms with van der Waals surface area (Å²) in [5.41, 5.74) is 5.52. The first-order valence-corrected chi connectivity index (χ1v) is 6.64. The Morgan fingerprint density at radius 3 is 2.60 bits per heavy atom. The van der Waals surface area contributed by atoms with Gasteiger partial charge in [0.05, 0.1) is 7.11 Å². The second kappa shape index (κ2) is 6.11. The van der Waals surface area contributed by atoms with E-state index in [1.165, 1.54) is 19.2 Å². The van der Waals surface area contributed by atoms with Crippen LogP contribution in [0.2, 0.25) is 5.02 Å². The number of amides is 1. The van der Waals surface area contributed by atoms with E-state index < -0.39 is 5.91 Å². The third-order valence-electron chi connectivity index (χ3n) is 2.39. The molecule has 5 nitrogen and oxygen atoms in total. The molecule has 1 amide bonds. The number of nitrogens with two attached hydrogens (primary N) is 1. The quantitative estimate of drug-likeness (QED) is 0.910. The Morgan fingerprint density at radius 1 is 1.30 bits per heavy atom. The van der Waals surface area contributed by atoms with E-state index >= 15 is 0 Å². The number of aromatic nitrogens is 1. The zero-order chi connectivity index (χ0) is 14.7. The summed E-state index contributed by atoms with van der Waals surface area (Å²) >= 11 is 9.27. The molecule has 0 saturated heterocycles. The summed E-state index contributed by atoms with van der Waals surface area (Å²) in [7, 11) is 1.48. The molecule has 2 rings (SSSR count). The molecule has 20 heavy (non-hydrogen) atoms. The van der Waals surface area contributed by atoms with Crippen LogP contribution in [0.1, 0.15) is 10.4 Å². The normalized spacial score (nSPS) is 10.2. The van der Waals surface area contributed by atoms with Crippen molar-refractivity contribution in [2.75, 3.05) is 7.11 Å². The first kappa shape index (κ1) is 14.6. The summed E-state index contributed by atoms with van der Waals surface area (Å²) in [6.45, 7) is 0. The summed E-state index contributed by atoms with van der Waals surface area (Å²) in [6, 6.07) is 6.27. The van der Waals surface area contributed by atoms with Crippen molar-refractivity contribution in [1.29, 1.82) is 0 Å². The van der Waals surface area contributed by atoms with Crippen molar-refractivity contribution in [1.82, 2.24) is 4.98 Å². The van der Waals surface area contributed by atoms with Crippen LogP contribution in [-0.4, -0.2) is 18.0 Å². The SMILES string of the molecule is COc1cc(Oc2ncc(Br)cc2Cl)cc(C(N)=O)c1. The van der Waals surface area contributed by atoms with E-state index in [1.54, 1.807) is 18.3 Å². The van der Waals surface area contributed by atoms with Crippen molar-refractivity contribution in [3.63, 3.8) is 0 Å². The van der Waals surface area contributed by atoms with Crippen molar-refractivity contribution in [3.8, 4) is 17.4 Å². The van der Waals surface area contributed by atoms with Crippen molar-refractivity contribution in [2.24, 2.45) is 5.73 Å². The number of carbonyl (C=O) groups excluding carboxylic acids is 1. The topological polar surface area (TPSA) is 74.4 Å². The van der Waals surface area contributed by atoms with Crippen LogP contribution >= 0.6 is 27.5 Å². The molecular formula is C13H10BrClN2O3. The monoisotopic (exact) mass is 356 g/mol. The van der Waals surface area contributed by atoms with Gasteiger partial charge in [-0.3, -0.25) is 4.79 Å². The number of carbonyl (C=O) groups is 1. The van der Waals surface area contributed by atoms with E-state index in [1.807, 2.05) is 0 Å². The summed E-state index contributed by atoms with van der Waals surface area (Å²) in [4.78, 5) is 15.3. The Balaban J connectivity index is 2.37. The predicted octanol–water partition coefficient (Wildman–Crippen LogP) is 3.40. The van der Waals surface area contributed by atoms with Gasteiger partial charge in [0, 0.05) is 22.3 Å². The lowest BCUT2D eigenvalue weighted by atomic mass is 10.2. The van der Waals surface area contributed by atoms with E-state index in [2.05, 4.69) is 20.9 Å². The number of hydrogen-bond acceptors (Lipinski definition) is 4. The Bertz CT molecular complexity index is 664. The summed E-state index contributed by atoms with van der Waals surface area (Å²) in [6.07, 6.45) is 1.55. The van der Waals surface area contributed by atoms with Crippen LogP contribution in [0.3, 0.4) is 0 Å². The highest BCUT2D eigenvalue weighted by Gasteiger charge is 2.10. The van der Waals surface area contributed by atoms with Crippen LogP contribution in [0.5, 0.6) is 17.4 Å². The van der Waals surface area contributed by atoms with Gasteiger partial charge in [-0.25, -0.2) is 4.98 Å². The van der Waals surface area contributed by atoms with E-state index in [4.69, 9.17) is 26.8 Å². The summed E-state index contributed by atoms with van der Waals surface area (Å²) in [5.74, 6) is 0.446. The number of halogens is 2. The number of pyridine rings is 1. The van der Waals surface area contributed by atoms with Crippen LogP contribution in [0.15, 0.2) is 34.9 Å². The fourth-order valence-corrected chi connectivity index (χ4v) is 2.15. The summed E-state index contributed by atoms with van der Waals surface area (Å²) < 4.78 is 11.4. The van der Waals surface area contributed by atoms with E-state index in [0.29, 0.717) is 16.5 Å². The first-order valence-electron chi connectivity index (χ1n) is 5.47. The van der Waals surface area contributed by atoms with Crippen molar-refractivity contribution >= 4 is 33.4 Å². The number of ether oxygens (including phenoxy) is 2. The van der Waals surface area contributed by atoms with Gasteiger partial charge in [-0.15, -0.1) is 0 Å². The van der Waals surface area contributed by atoms with Gasteiger partial charge in [-0.2, -0.15) is 0 Å². The number of hydrogen-bond donors (Lipinski definition) is 1. The van der Waals surface area contributed by atoms with E-state index in [9.17, 15) is 4.79 Å². The molecule has 0 radical (unpaired) electrons. The predicted molar refractivity (Wildman–Crippen MR) is 78.5 cm³/mol. The van der Waals surface area contributed by atoms with Gasteiger partial charge in [-0.1, -0.05) is 11.6 Å². The first-order chi connectivity index (χ1) is 9.49. The standard InChI is InChI=1S/C13H10BrClN2O3/c1-19-9-2-7(12(16)18)3-10(5-9)20-13-11(15)4-8(14)6-17-13/h2-6H,1H3,(H2,16,18). The fourth-order valence-electron chi connectivity index (χ4n) is 1.48. The van der Waals surface area contributed by atoms with Crippen LogP contribution in [0.4, 0.5) is 0 Å². The zero-order valence-electron chi connectivity index (χ0n) is 10.4.